The molecule has 2 N–H and O–H groups in total. The molecular formula is C20H31N3O4. The van der Waals surface area contributed by atoms with Gasteiger partial charge in [0.15, 0.2) is 0 Å². The van der Waals surface area contributed by atoms with Gasteiger partial charge >= 0.3 is 12.0 Å². The van der Waals surface area contributed by atoms with Crippen LogP contribution in [0.1, 0.15) is 32.8 Å². The van der Waals surface area contributed by atoms with Crippen LogP contribution in [-0.4, -0.2) is 66.2 Å². The predicted octanol–water partition coefficient (Wildman–Crippen LogP) is 2.41. The quantitative estimate of drug-likeness (QED) is 0.691. The van der Waals surface area contributed by atoms with Crippen molar-refractivity contribution < 1.29 is 19.4 Å². The van der Waals surface area contributed by atoms with Gasteiger partial charge in [-0.2, -0.15) is 0 Å². The lowest BCUT2D eigenvalue weighted by molar-refractivity contribution is -0.147. The third-order valence-electron chi connectivity index (χ3n) is 5.24. The second kappa shape index (κ2) is 9.60. The van der Waals surface area contributed by atoms with Crippen molar-refractivity contribution in [2.75, 3.05) is 39.3 Å². The predicted molar refractivity (Wildman–Crippen MR) is 104 cm³/mol. The monoisotopic (exact) mass is 377 g/mol. The Kier molecular flexibility index (Phi) is 7.47. The number of nitrogens with one attached hydrogen (secondary N) is 1. The second-order valence-electron chi connectivity index (χ2n) is 7.18. The van der Waals surface area contributed by atoms with E-state index in [0.717, 1.165) is 30.9 Å². The summed E-state index contributed by atoms with van der Waals surface area (Å²) in [5.41, 5.74) is 0.0496. The first-order chi connectivity index (χ1) is 12.9. The van der Waals surface area contributed by atoms with Crippen molar-refractivity contribution in [2.45, 2.75) is 33.7 Å². The van der Waals surface area contributed by atoms with Crippen LogP contribution in [0, 0.1) is 5.41 Å². The van der Waals surface area contributed by atoms with Crippen molar-refractivity contribution in [3.8, 4) is 5.75 Å². The van der Waals surface area contributed by atoms with Gasteiger partial charge in [0.2, 0.25) is 0 Å². The van der Waals surface area contributed by atoms with Gasteiger partial charge < -0.3 is 25.0 Å². The van der Waals surface area contributed by atoms with Crippen molar-refractivity contribution in [1.82, 2.24) is 15.1 Å². The fourth-order valence-electron chi connectivity index (χ4n) is 3.21. The fraction of sp³-hybridized carbons (Fsp3) is 0.600. The molecule has 1 saturated heterocycles. The van der Waals surface area contributed by atoms with Crippen molar-refractivity contribution in [2.24, 2.45) is 5.41 Å². The van der Waals surface area contributed by atoms with Gasteiger partial charge in [0, 0.05) is 31.7 Å². The molecule has 7 nitrogen and oxygen atoms in total. The van der Waals surface area contributed by atoms with E-state index in [1.807, 2.05) is 24.3 Å². The standard InChI is InChI=1S/C20H31N3O4/c1-4-22(5-2)12-13-27-17-9-7-6-8-16(17)14-21-19(26)23-11-10-20(3,15-23)18(24)25/h6-9H,4-5,10-15H2,1-3H3,(H,21,26)(H,24,25). The minimum Gasteiger partial charge on any atom is -0.492 e. The van der Waals surface area contributed by atoms with E-state index in [2.05, 4.69) is 24.1 Å². The maximum atomic E-state index is 12.4. The number of para-hydroxylation sites is 1. The number of benzene rings is 1. The van der Waals surface area contributed by atoms with Crippen LogP contribution < -0.4 is 10.1 Å². The van der Waals surface area contributed by atoms with Crippen LogP contribution in [-0.2, 0) is 11.3 Å². The number of carbonyl (C=O) groups is 2. The Balaban J connectivity index is 1.87. The highest BCUT2D eigenvalue weighted by Gasteiger charge is 2.42. The van der Waals surface area contributed by atoms with E-state index in [9.17, 15) is 14.7 Å². The van der Waals surface area contributed by atoms with Crippen LogP contribution >= 0.6 is 0 Å². The van der Waals surface area contributed by atoms with E-state index >= 15 is 0 Å². The SMILES string of the molecule is CCN(CC)CCOc1ccccc1CNC(=O)N1CCC(C)(C(=O)O)C1. The number of aliphatic carboxylic acids is 1. The van der Waals surface area contributed by atoms with Crippen LogP contribution in [0.3, 0.4) is 0 Å². The number of rotatable bonds is 9. The van der Waals surface area contributed by atoms with E-state index in [-0.39, 0.29) is 12.6 Å². The minimum atomic E-state index is -0.858. The highest BCUT2D eigenvalue weighted by Crippen LogP contribution is 2.30. The second-order valence-corrected chi connectivity index (χ2v) is 7.18. The zero-order chi connectivity index (χ0) is 19.9. The molecule has 0 spiro atoms. The molecule has 2 rings (SSSR count). The van der Waals surface area contributed by atoms with Gasteiger partial charge in [0.25, 0.3) is 0 Å². The number of carboxylic acid groups (broad SMARTS) is 1. The third kappa shape index (κ3) is 5.60. The summed E-state index contributed by atoms with van der Waals surface area (Å²) < 4.78 is 5.91. The Hall–Kier alpha value is -2.28. The first-order valence-electron chi connectivity index (χ1n) is 9.59. The average molecular weight is 377 g/mol. The average Bonchev–Trinajstić information content (AvgIpc) is 3.08. The summed E-state index contributed by atoms with van der Waals surface area (Å²) in [4.78, 5) is 27.6. The van der Waals surface area contributed by atoms with Gasteiger partial charge in [-0.05, 0) is 32.5 Å². The number of urea groups is 1. The lowest BCUT2D eigenvalue weighted by atomic mass is 9.90. The molecule has 1 aliphatic rings. The number of carbonyl (C=O) groups excluding carboxylic acids is 1. The molecule has 0 radical (unpaired) electrons. The van der Waals surface area contributed by atoms with E-state index in [4.69, 9.17) is 4.74 Å². The highest BCUT2D eigenvalue weighted by molar-refractivity contribution is 5.79. The van der Waals surface area contributed by atoms with Crippen molar-refractivity contribution in [3.63, 3.8) is 0 Å². The highest BCUT2D eigenvalue weighted by atomic mass is 16.5. The number of hydrogen-bond donors (Lipinski definition) is 2. The molecule has 1 aromatic rings. The van der Waals surface area contributed by atoms with Crippen LogP contribution in [0.5, 0.6) is 5.75 Å². The zero-order valence-corrected chi connectivity index (χ0v) is 16.5. The molecule has 1 heterocycles. The molecule has 2 amide bonds. The molecule has 0 aliphatic carbocycles. The third-order valence-corrected chi connectivity index (χ3v) is 5.24. The molecule has 0 aromatic heterocycles. The van der Waals surface area contributed by atoms with Crippen LogP contribution in [0.4, 0.5) is 4.79 Å². The minimum absolute atomic E-state index is 0.232. The first-order valence-corrected chi connectivity index (χ1v) is 9.59. The summed E-state index contributed by atoms with van der Waals surface area (Å²) in [5.74, 6) is -0.0912. The molecule has 1 aromatic carbocycles. The number of hydrogen-bond acceptors (Lipinski definition) is 4. The molecule has 7 heteroatoms. The number of ether oxygens (including phenoxy) is 1. The van der Waals surface area contributed by atoms with Crippen LogP contribution in [0.15, 0.2) is 24.3 Å². The van der Waals surface area contributed by atoms with Gasteiger partial charge in [-0.3, -0.25) is 4.79 Å². The molecule has 1 atom stereocenters. The lowest BCUT2D eigenvalue weighted by Gasteiger charge is -2.21. The van der Waals surface area contributed by atoms with Crippen molar-refractivity contribution in [3.05, 3.63) is 29.8 Å². The number of amides is 2. The Labute approximate surface area is 161 Å². The molecule has 1 aliphatic heterocycles. The Morgan fingerprint density at radius 3 is 2.63 bits per heavy atom. The summed E-state index contributed by atoms with van der Waals surface area (Å²) in [6.07, 6.45) is 0.473. The molecule has 0 bridgehead atoms. The van der Waals surface area contributed by atoms with E-state index in [0.29, 0.717) is 26.1 Å². The smallest absolute Gasteiger partial charge is 0.317 e. The molecule has 0 saturated carbocycles. The fourth-order valence-corrected chi connectivity index (χ4v) is 3.21. The van der Waals surface area contributed by atoms with Gasteiger partial charge in [-0.1, -0.05) is 32.0 Å². The van der Waals surface area contributed by atoms with Gasteiger partial charge in [-0.15, -0.1) is 0 Å². The van der Waals surface area contributed by atoms with Crippen LogP contribution in [0.2, 0.25) is 0 Å². The van der Waals surface area contributed by atoms with E-state index in [1.165, 1.54) is 0 Å². The maximum absolute atomic E-state index is 12.4. The topological polar surface area (TPSA) is 82.1 Å². The number of likely N-dealkylation sites (tertiary alicyclic amines) is 1. The van der Waals surface area contributed by atoms with Gasteiger partial charge in [0.05, 0.1) is 5.41 Å². The number of carboxylic acids is 1. The van der Waals surface area contributed by atoms with Gasteiger partial charge in [-0.25, -0.2) is 4.79 Å². The molecular weight excluding hydrogens is 346 g/mol. The molecule has 1 unspecified atom stereocenters. The normalized spacial score (nSPS) is 19.3. The number of likely N-dealkylation sites (N-methyl/N-ethyl adjacent to an activating group) is 1. The molecule has 1 fully saturated rings. The van der Waals surface area contributed by atoms with E-state index < -0.39 is 11.4 Å². The van der Waals surface area contributed by atoms with Crippen molar-refractivity contribution >= 4 is 12.0 Å². The number of nitrogens with zero attached hydrogens (tertiary/aromatic N) is 2. The summed E-state index contributed by atoms with van der Waals surface area (Å²) in [7, 11) is 0. The Morgan fingerprint density at radius 1 is 1.30 bits per heavy atom. The Bertz CT molecular complexity index is 648. The summed E-state index contributed by atoms with van der Waals surface area (Å²) in [6.45, 7) is 10.4. The summed E-state index contributed by atoms with van der Waals surface area (Å²) in [6, 6.07) is 7.42. The zero-order valence-electron chi connectivity index (χ0n) is 16.5. The summed E-state index contributed by atoms with van der Waals surface area (Å²) >= 11 is 0. The largest absolute Gasteiger partial charge is 0.492 e. The maximum Gasteiger partial charge on any atom is 0.317 e. The van der Waals surface area contributed by atoms with Crippen LogP contribution in [0.25, 0.3) is 0 Å². The van der Waals surface area contributed by atoms with Gasteiger partial charge in [0.1, 0.15) is 12.4 Å². The molecule has 27 heavy (non-hydrogen) atoms. The lowest BCUT2D eigenvalue weighted by Crippen LogP contribution is -2.40. The summed E-state index contributed by atoms with van der Waals surface area (Å²) in [5, 5.41) is 12.2. The van der Waals surface area contributed by atoms with Crippen molar-refractivity contribution in [1.29, 1.82) is 0 Å². The van der Waals surface area contributed by atoms with E-state index in [1.54, 1.807) is 11.8 Å². The Morgan fingerprint density at radius 2 is 2.00 bits per heavy atom. The first kappa shape index (κ1) is 21.0. The molecule has 150 valence electrons.